The minimum Gasteiger partial charge on any atom is -0.398 e. The molecule has 0 amide bonds. The van der Waals surface area contributed by atoms with Crippen molar-refractivity contribution in [3.8, 4) is 0 Å². The molecule has 3 N–H and O–H groups in total. The minimum atomic E-state index is -3.10. The average Bonchev–Trinajstić information content (AvgIpc) is 2.38. The Labute approximate surface area is 113 Å². The maximum absolute atomic E-state index is 11.4. The molecule has 2 rings (SSSR count). The molecule has 1 aromatic carbocycles. The van der Waals surface area contributed by atoms with Gasteiger partial charge in [-0.2, -0.15) is 4.31 Å². The normalized spacial score (nSPS) is 17.4. The molecule has 0 saturated carbocycles. The van der Waals surface area contributed by atoms with Gasteiger partial charge in [-0.05, 0) is 18.2 Å². The van der Waals surface area contributed by atoms with Crippen molar-refractivity contribution in [3.05, 3.63) is 23.8 Å². The number of nitrogens with zero attached hydrogens (tertiary/aromatic N) is 2. The number of hydrogen-bond acceptors (Lipinski definition) is 5. The monoisotopic (exact) mass is 282 g/mol. The highest BCUT2D eigenvalue weighted by molar-refractivity contribution is 7.88. The standard InChI is InChI=1S/C12H18N4O2S/c1-19(17,18)16-6-4-15(5-7-16)11-2-3-12(14)10(8-11)9-13/h2-3,8-9,13H,4-7,14H2,1H3. The molecule has 19 heavy (non-hydrogen) atoms. The summed E-state index contributed by atoms with van der Waals surface area (Å²) in [6.45, 7) is 2.27. The lowest BCUT2D eigenvalue weighted by molar-refractivity contribution is 0.388. The quantitative estimate of drug-likeness (QED) is 0.618. The fourth-order valence-electron chi connectivity index (χ4n) is 2.16. The van der Waals surface area contributed by atoms with Crippen molar-refractivity contribution in [1.29, 1.82) is 5.41 Å². The number of nitrogen functional groups attached to an aromatic ring is 1. The largest absolute Gasteiger partial charge is 0.398 e. The first-order valence-corrected chi connectivity index (χ1v) is 7.87. The third-order valence-corrected chi connectivity index (χ3v) is 4.60. The van der Waals surface area contributed by atoms with E-state index in [0.29, 0.717) is 37.4 Å². The number of sulfonamides is 1. The number of anilines is 2. The minimum absolute atomic E-state index is 0.489. The van der Waals surface area contributed by atoms with Gasteiger partial charge in [-0.1, -0.05) is 0 Å². The zero-order valence-corrected chi connectivity index (χ0v) is 11.7. The second kappa shape index (κ2) is 5.18. The van der Waals surface area contributed by atoms with Gasteiger partial charge in [0.05, 0.1) is 6.26 Å². The summed E-state index contributed by atoms with van der Waals surface area (Å²) in [7, 11) is -3.10. The van der Waals surface area contributed by atoms with Gasteiger partial charge in [-0.25, -0.2) is 8.42 Å². The summed E-state index contributed by atoms with van der Waals surface area (Å²) in [6, 6.07) is 5.54. The second-order valence-electron chi connectivity index (χ2n) is 4.61. The summed E-state index contributed by atoms with van der Waals surface area (Å²) in [6.07, 6.45) is 2.46. The van der Waals surface area contributed by atoms with Crippen molar-refractivity contribution < 1.29 is 8.42 Å². The molecule has 1 saturated heterocycles. The van der Waals surface area contributed by atoms with Gasteiger partial charge in [0.2, 0.25) is 10.0 Å². The van der Waals surface area contributed by atoms with E-state index in [9.17, 15) is 8.42 Å². The molecule has 0 atom stereocenters. The Hall–Kier alpha value is -1.60. The lowest BCUT2D eigenvalue weighted by Crippen LogP contribution is -2.48. The Morgan fingerprint density at radius 3 is 2.42 bits per heavy atom. The Balaban J connectivity index is 2.12. The van der Waals surface area contributed by atoms with Crippen molar-refractivity contribution in [2.75, 3.05) is 43.1 Å². The first kappa shape index (κ1) is 13.8. The number of nitrogens with two attached hydrogens (primary N) is 1. The van der Waals surface area contributed by atoms with Crippen LogP contribution >= 0.6 is 0 Å². The highest BCUT2D eigenvalue weighted by Crippen LogP contribution is 2.21. The number of piperazine rings is 1. The highest BCUT2D eigenvalue weighted by atomic mass is 32.2. The zero-order valence-electron chi connectivity index (χ0n) is 10.8. The molecule has 0 aromatic heterocycles. The molecule has 0 aliphatic carbocycles. The van der Waals surface area contributed by atoms with Gasteiger partial charge in [-0.3, -0.25) is 0 Å². The Morgan fingerprint density at radius 1 is 1.26 bits per heavy atom. The fraction of sp³-hybridized carbons (Fsp3) is 0.417. The molecule has 6 nitrogen and oxygen atoms in total. The van der Waals surface area contributed by atoms with Crippen molar-refractivity contribution in [3.63, 3.8) is 0 Å². The third-order valence-electron chi connectivity index (χ3n) is 3.30. The van der Waals surface area contributed by atoms with Crippen LogP contribution in [-0.2, 0) is 10.0 Å². The molecule has 7 heteroatoms. The average molecular weight is 282 g/mol. The molecule has 0 bridgehead atoms. The van der Waals surface area contributed by atoms with Crippen LogP contribution in [0.25, 0.3) is 0 Å². The predicted molar refractivity (Wildman–Crippen MR) is 77.4 cm³/mol. The van der Waals surface area contributed by atoms with Crippen LogP contribution in [0.4, 0.5) is 11.4 Å². The molecule has 1 aliphatic heterocycles. The van der Waals surface area contributed by atoms with Gasteiger partial charge in [0, 0.05) is 49.3 Å². The van der Waals surface area contributed by atoms with Crippen LogP contribution in [0.15, 0.2) is 18.2 Å². The van der Waals surface area contributed by atoms with Gasteiger partial charge in [0.25, 0.3) is 0 Å². The molecule has 1 aromatic rings. The van der Waals surface area contributed by atoms with Crippen LogP contribution < -0.4 is 10.6 Å². The summed E-state index contributed by atoms with van der Waals surface area (Å²) in [5, 5.41) is 7.30. The van der Waals surface area contributed by atoms with E-state index in [2.05, 4.69) is 4.90 Å². The molecule has 1 aliphatic rings. The van der Waals surface area contributed by atoms with Crippen LogP contribution in [-0.4, -0.2) is 51.4 Å². The van der Waals surface area contributed by atoms with E-state index >= 15 is 0 Å². The van der Waals surface area contributed by atoms with Crippen molar-refractivity contribution in [2.24, 2.45) is 0 Å². The number of benzene rings is 1. The lowest BCUT2D eigenvalue weighted by Gasteiger charge is -2.34. The molecule has 1 fully saturated rings. The highest BCUT2D eigenvalue weighted by Gasteiger charge is 2.23. The second-order valence-corrected chi connectivity index (χ2v) is 6.59. The number of nitrogens with one attached hydrogen (secondary N) is 1. The molecular formula is C12H18N4O2S. The van der Waals surface area contributed by atoms with Gasteiger partial charge >= 0.3 is 0 Å². The number of hydrogen-bond donors (Lipinski definition) is 2. The fourth-order valence-corrected chi connectivity index (χ4v) is 2.99. The van der Waals surface area contributed by atoms with E-state index in [1.807, 2.05) is 12.1 Å². The van der Waals surface area contributed by atoms with E-state index in [1.54, 1.807) is 6.07 Å². The molecule has 1 heterocycles. The number of rotatable bonds is 3. The summed E-state index contributed by atoms with van der Waals surface area (Å²) >= 11 is 0. The topological polar surface area (TPSA) is 90.5 Å². The van der Waals surface area contributed by atoms with Crippen LogP contribution in [0, 0.1) is 5.41 Å². The summed E-state index contributed by atoms with van der Waals surface area (Å²) in [5.41, 5.74) is 7.99. The molecule has 0 radical (unpaired) electrons. The first-order chi connectivity index (χ1) is 8.91. The van der Waals surface area contributed by atoms with Gasteiger partial charge < -0.3 is 16.0 Å². The van der Waals surface area contributed by atoms with Crippen LogP contribution in [0.5, 0.6) is 0 Å². The van der Waals surface area contributed by atoms with E-state index < -0.39 is 10.0 Å². The van der Waals surface area contributed by atoms with E-state index in [1.165, 1.54) is 16.8 Å². The zero-order chi connectivity index (χ0) is 14.0. The van der Waals surface area contributed by atoms with E-state index in [-0.39, 0.29) is 0 Å². The SMILES string of the molecule is CS(=O)(=O)N1CCN(c2ccc(N)c(C=N)c2)CC1. The molecule has 104 valence electrons. The predicted octanol–water partition coefficient (Wildman–Crippen LogP) is 0.348. The summed E-state index contributed by atoms with van der Waals surface area (Å²) < 4.78 is 24.4. The molecular weight excluding hydrogens is 264 g/mol. The van der Waals surface area contributed by atoms with Crippen LogP contribution in [0.2, 0.25) is 0 Å². The Bertz CT molecular complexity index is 577. The van der Waals surface area contributed by atoms with Crippen LogP contribution in [0.1, 0.15) is 5.56 Å². The summed E-state index contributed by atoms with van der Waals surface area (Å²) in [5.74, 6) is 0. The molecule has 0 unspecified atom stereocenters. The smallest absolute Gasteiger partial charge is 0.211 e. The van der Waals surface area contributed by atoms with E-state index in [0.717, 1.165) is 5.69 Å². The van der Waals surface area contributed by atoms with Crippen molar-refractivity contribution >= 4 is 27.6 Å². The lowest BCUT2D eigenvalue weighted by atomic mass is 10.1. The third kappa shape index (κ3) is 3.05. The van der Waals surface area contributed by atoms with Gasteiger partial charge in [0.15, 0.2) is 0 Å². The molecule has 0 spiro atoms. The van der Waals surface area contributed by atoms with Crippen molar-refractivity contribution in [1.82, 2.24) is 4.31 Å². The maximum Gasteiger partial charge on any atom is 0.211 e. The summed E-state index contributed by atoms with van der Waals surface area (Å²) in [4.78, 5) is 2.11. The Morgan fingerprint density at radius 2 is 1.89 bits per heavy atom. The van der Waals surface area contributed by atoms with Crippen LogP contribution in [0.3, 0.4) is 0 Å². The maximum atomic E-state index is 11.4. The first-order valence-electron chi connectivity index (χ1n) is 6.02. The van der Waals surface area contributed by atoms with Gasteiger partial charge in [-0.15, -0.1) is 0 Å². The Kier molecular flexibility index (Phi) is 3.77. The van der Waals surface area contributed by atoms with Gasteiger partial charge in [0.1, 0.15) is 0 Å². The van der Waals surface area contributed by atoms with E-state index in [4.69, 9.17) is 11.1 Å². The van der Waals surface area contributed by atoms with Crippen molar-refractivity contribution in [2.45, 2.75) is 0 Å².